The van der Waals surface area contributed by atoms with E-state index in [0.29, 0.717) is 19.8 Å². The molecular formula is C29H31BrO6. The lowest BCUT2D eigenvalue weighted by molar-refractivity contribution is -0.266. The zero-order valence-electron chi connectivity index (χ0n) is 20.2. The molecule has 3 aromatic rings. The predicted molar refractivity (Wildman–Crippen MR) is 139 cm³/mol. The molecule has 0 spiro atoms. The van der Waals surface area contributed by atoms with Crippen LogP contribution in [0.5, 0.6) is 0 Å². The van der Waals surface area contributed by atoms with E-state index in [1.807, 2.05) is 91.0 Å². The second-order valence-electron chi connectivity index (χ2n) is 8.62. The third kappa shape index (κ3) is 7.72. The fourth-order valence-electron chi connectivity index (χ4n) is 4.05. The van der Waals surface area contributed by atoms with Crippen LogP contribution in [0, 0.1) is 0 Å². The Labute approximate surface area is 220 Å². The van der Waals surface area contributed by atoms with Crippen molar-refractivity contribution in [2.45, 2.75) is 56.2 Å². The number of carbonyl (C=O) groups is 1. The lowest BCUT2D eigenvalue weighted by Gasteiger charge is -2.43. The number of hydrogen-bond acceptors (Lipinski definition) is 6. The lowest BCUT2D eigenvalue weighted by Crippen LogP contribution is -2.59. The molecular weight excluding hydrogens is 524 g/mol. The summed E-state index contributed by atoms with van der Waals surface area (Å²) in [7, 11) is 0. The molecule has 3 aromatic carbocycles. The van der Waals surface area contributed by atoms with E-state index < -0.39 is 35.4 Å². The third-order valence-corrected chi connectivity index (χ3v) is 6.77. The Kier molecular flexibility index (Phi) is 10.1. The van der Waals surface area contributed by atoms with Crippen molar-refractivity contribution in [1.29, 1.82) is 0 Å². The predicted octanol–water partition coefficient (Wildman–Crippen LogP) is 5.43. The minimum atomic E-state index is -0.842. The number of rotatable bonds is 11. The normalized spacial score (nSPS) is 23.8. The Hall–Kier alpha value is -2.55. The van der Waals surface area contributed by atoms with Crippen LogP contribution in [0.15, 0.2) is 91.0 Å². The molecule has 0 radical (unpaired) electrons. The van der Waals surface area contributed by atoms with Crippen LogP contribution in [0.2, 0.25) is 0 Å². The number of alkyl halides is 1. The third-order valence-electron chi connectivity index (χ3n) is 5.82. The smallest absolute Gasteiger partial charge is 0.304 e. The maximum atomic E-state index is 11.8. The summed E-state index contributed by atoms with van der Waals surface area (Å²) < 4.78 is 30.5. The lowest BCUT2D eigenvalue weighted by atomic mass is 10.0. The van der Waals surface area contributed by atoms with Crippen LogP contribution < -0.4 is 0 Å². The van der Waals surface area contributed by atoms with Crippen molar-refractivity contribution in [3.8, 4) is 0 Å². The summed E-state index contributed by atoms with van der Waals surface area (Å²) in [6.07, 6.45) is -2.29. The number of carbonyl (C=O) groups excluding carboxylic acids is 1. The van der Waals surface area contributed by atoms with Gasteiger partial charge in [-0.25, -0.2) is 0 Å². The first-order valence-electron chi connectivity index (χ1n) is 12.0. The second kappa shape index (κ2) is 13.7. The van der Waals surface area contributed by atoms with E-state index in [4.69, 9.17) is 23.7 Å². The van der Waals surface area contributed by atoms with Crippen molar-refractivity contribution in [3.63, 3.8) is 0 Å². The van der Waals surface area contributed by atoms with Crippen molar-refractivity contribution in [3.05, 3.63) is 108 Å². The molecule has 0 unspecified atom stereocenters. The topological polar surface area (TPSA) is 63.2 Å². The van der Waals surface area contributed by atoms with E-state index in [9.17, 15) is 4.79 Å². The summed E-state index contributed by atoms with van der Waals surface area (Å²) in [5.41, 5.74) is 3.13. The number of benzene rings is 3. The second-order valence-corrected chi connectivity index (χ2v) is 9.68. The SMILES string of the molecule is CC(=O)O[C@H]1O[C@H](COCc2ccccc2)[C@@H](OCc2ccccc2)[C@H](OCc2ccccc2)[C@@H]1Br. The summed E-state index contributed by atoms with van der Waals surface area (Å²) in [6.45, 7) is 2.80. The molecule has 5 atom stereocenters. The maximum absolute atomic E-state index is 11.8. The average molecular weight is 555 g/mol. The Bertz CT molecular complexity index is 1050. The summed E-state index contributed by atoms with van der Waals surface area (Å²) in [5, 5.41) is 0. The molecule has 36 heavy (non-hydrogen) atoms. The van der Waals surface area contributed by atoms with Gasteiger partial charge < -0.3 is 23.7 Å². The molecule has 4 rings (SSSR count). The quantitative estimate of drug-likeness (QED) is 0.233. The average Bonchev–Trinajstić information content (AvgIpc) is 2.90. The molecule has 0 N–H and O–H groups in total. The zero-order valence-corrected chi connectivity index (χ0v) is 21.8. The molecule has 1 heterocycles. The fraction of sp³-hybridized carbons (Fsp3) is 0.345. The Morgan fingerprint density at radius 1 is 0.750 bits per heavy atom. The zero-order chi connectivity index (χ0) is 25.2. The highest BCUT2D eigenvalue weighted by Gasteiger charge is 2.48. The standard InChI is InChI=1S/C29H31BrO6/c1-21(31)35-29-26(30)28(34-19-24-15-9-4-10-16-24)27(33-18-23-13-7-3-8-14-23)25(36-29)20-32-17-22-11-5-2-6-12-22/h2-16,25-29H,17-20H2,1H3/t25-,26+,27-,28-,29+/m1/s1. The van der Waals surface area contributed by atoms with Gasteiger partial charge in [0.05, 0.1) is 26.4 Å². The van der Waals surface area contributed by atoms with Crippen molar-refractivity contribution >= 4 is 21.9 Å². The fourth-order valence-corrected chi connectivity index (χ4v) is 4.74. The van der Waals surface area contributed by atoms with E-state index in [1.165, 1.54) is 6.92 Å². The van der Waals surface area contributed by atoms with Crippen molar-refractivity contribution in [1.82, 2.24) is 0 Å². The van der Waals surface area contributed by atoms with Gasteiger partial charge in [0.2, 0.25) is 6.29 Å². The molecule has 190 valence electrons. The first-order chi connectivity index (χ1) is 17.6. The Morgan fingerprint density at radius 2 is 1.22 bits per heavy atom. The van der Waals surface area contributed by atoms with Gasteiger partial charge in [0.1, 0.15) is 23.1 Å². The van der Waals surface area contributed by atoms with Gasteiger partial charge in [0.25, 0.3) is 0 Å². The van der Waals surface area contributed by atoms with Gasteiger partial charge in [-0.3, -0.25) is 4.79 Å². The van der Waals surface area contributed by atoms with Gasteiger partial charge in [0, 0.05) is 6.92 Å². The van der Waals surface area contributed by atoms with E-state index in [-0.39, 0.29) is 6.61 Å². The van der Waals surface area contributed by atoms with Crippen molar-refractivity contribution in [2.75, 3.05) is 6.61 Å². The first kappa shape index (κ1) is 26.5. The molecule has 1 aliphatic rings. The highest BCUT2D eigenvalue weighted by Crippen LogP contribution is 2.33. The molecule has 0 aromatic heterocycles. The van der Waals surface area contributed by atoms with Gasteiger partial charge >= 0.3 is 5.97 Å². The Morgan fingerprint density at radius 3 is 1.72 bits per heavy atom. The number of halogens is 1. The molecule has 1 fully saturated rings. The highest BCUT2D eigenvalue weighted by molar-refractivity contribution is 9.09. The summed E-state index contributed by atoms with van der Waals surface area (Å²) in [6, 6.07) is 29.8. The number of ether oxygens (including phenoxy) is 5. The number of hydrogen-bond donors (Lipinski definition) is 0. The molecule has 1 saturated heterocycles. The summed E-state index contributed by atoms with van der Waals surface area (Å²) >= 11 is 3.67. The van der Waals surface area contributed by atoms with Gasteiger partial charge in [-0.1, -0.05) is 107 Å². The van der Waals surface area contributed by atoms with E-state index >= 15 is 0 Å². The summed E-state index contributed by atoms with van der Waals surface area (Å²) in [5.74, 6) is -0.432. The van der Waals surface area contributed by atoms with Crippen LogP contribution in [0.1, 0.15) is 23.6 Å². The Balaban J connectivity index is 1.52. The van der Waals surface area contributed by atoms with Crippen LogP contribution in [0.4, 0.5) is 0 Å². The van der Waals surface area contributed by atoms with Gasteiger partial charge in [-0.15, -0.1) is 0 Å². The molecule has 7 heteroatoms. The molecule has 0 aliphatic carbocycles. The van der Waals surface area contributed by atoms with Crippen LogP contribution in [-0.2, 0) is 48.3 Å². The summed E-state index contributed by atoms with van der Waals surface area (Å²) in [4.78, 5) is 11.4. The molecule has 0 amide bonds. The minimum Gasteiger partial charge on any atom is -0.435 e. The van der Waals surface area contributed by atoms with Crippen LogP contribution in [0.25, 0.3) is 0 Å². The minimum absolute atomic E-state index is 0.247. The molecule has 0 bridgehead atoms. The van der Waals surface area contributed by atoms with Crippen LogP contribution >= 0.6 is 15.9 Å². The highest BCUT2D eigenvalue weighted by atomic mass is 79.9. The van der Waals surface area contributed by atoms with E-state index in [1.54, 1.807) is 0 Å². The van der Waals surface area contributed by atoms with E-state index in [0.717, 1.165) is 16.7 Å². The van der Waals surface area contributed by atoms with Crippen LogP contribution in [0.3, 0.4) is 0 Å². The van der Waals surface area contributed by atoms with Gasteiger partial charge in [0.15, 0.2) is 0 Å². The largest absolute Gasteiger partial charge is 0.435 e. The van der Waals surface area contributed by atoms with Crippen LogP contribution in [-0.4, -0.2) is 42.0 Å². The van der Waals surface area contributed by atoms with Gasteiger partial charge in [-0.2, -0.15) is 0 Å². The molecule has 6 nitrogen and oxygen atoms in total. The van der Waals surface area contributed by atoms with Gasteiger partial charge in [-0.05, 0) is 16.7 Å². The number of esters is 1. The van der Waals surface area contributed by atoms with Crippen molar-refractivity contribution < 1.29 is 28.5 Å². The monoisotopic (exact) mass is 554 g/mol. The first-order valence-corrected chi connectivity index (χ1v) is 12.9. The molecule has 1 aliphatic heterocycles. The van der Waals surface area contributed by atoms with Crippen molar-refractivity contribution in [2.24, 2.45) is 0 Å². The molecule has 0 saturated carbocycles. The maximum Gasteiger partial charge on any atom is 0.304 e. The van der Waals surface area contributed by atoms with E-state index in [2.05, 4.69) is 15.9 Å².